The largest absolute Gasteiger partial charge is 0.302 e. The van der Waals surface area contributed by atoms with Gasteiger partial charge in [-0.25, -0.2) is 4.98 Å². The van der Waals surface area contributed by atoms with E-state index in [1.54, 1.807) is 16.7 Å². The normalized spacial score (nSPS) is 20.7. The predicted molar refractivity (Wildman–Crippen MR) is 73.5 cm³/mol. The number of hydrogen-bond donors (Lipinski definition) is 0. The zero-order valence-corrected chi connectivity index (χ0v) is 11.3. The number of aromatic nitrogens is 2. The van der Waals surface area contributed by atoms with Gasteiger partial charge in [0.15, 0.2) is 4.96 Å². The summed E-state index contributed by atoms with van der Waals surface area (Å²) in [5, 5.41) is 1.85. The first-order chi connectivity index (χ1) is 9.28. The number of aldehydes is 1. The molecule has 19 heavy (non-hydrogen) atoms. The van der Waals surface area contributed by atoms with E-state index in [0.29, 0.717) is 11.5 Å². The molecule has 0 saturated carbocycles. The maximum Gasteiger partial charge on any atom is 0.258 e. The van der Waals surface area contributed by atoms with Crippen molar-refractivity contribution < 1.29 is 4.79 Å². The molecule has 0 spiro atoms. The summed E-state index contributed by atoms with van der Waals surface area (Å²) in [6, 6.07) is 1.54. The standard InChI is InChI=1S/C13H15N3O2S/c17-9-11-3-1-2-4-15(11)8-10-7-12(18)16-5-6-19-13(16)14-10/h5-7,9,11H,1-4,8H2. The third-order valence-electron chi connectivity index (χ3n) is 3.54. The molecule has 2 aromatic rings. The van der Waals surface area contributed by atoms with Gasteiger partial charge in [0.25, 0.3) is 5.56 Å². The van der Waals surface area contributed by atoms with Crippen molar-refractivity contribution in [3.63, 3.8) is 0 Å². The van der Waals surface area contributed by atoms with E-state index in [1.165, 1.54) is 11.3 Å². The predicted octanol–water partition coefficient (Wildman–Crippen LogP) is 1.31. The SMILES string of the molecule is O=CC1CCCCN1Cc1cc(=O)n2ccsc2n1. The molecule has 0 amide bonds. The Morgan fingerprint density at radius 1 is 1.47 bits per heavy atom. The van der Waals surface area contributed by atoms with Crippen LogP contribution in [-0.2, 0) is 11.3 Å². The summed E-state index contributed by atoms with van der Waals surface area (Å²) in [6.45, 7) is 1.47. The quantitative estimate of drug-likeness (QED) is 0.794. The highest BCUT2D eigenvalue weighted by Crippen LogP contribution is 2.17. The van der Waals surface area contributed by atoms with E-state index in [1.807, 2.05) is 5.38 Å². The summed E-state index contributed by atoms with van der Waals surface area (Å²) < 4.78 is 1.54. The van der Waals surface area contributed by atoms with Crippen molar-refractivity contribution >= 4 is 22.6 Å². The Balaban J connectivity index is 1.87. The molecule has 0 aromatic carbocycles. The number of carbonyl (C=O) groups is 1. The smallest absolute Gasteiger partial charge is 0.258 e. The average Bonchev–Trinajstić information content (AvgIpc) is 2.88. The second-order valence-electron chi connectivity index (χ2n) is 4.81. The Labute approximate surface area is 114 Å². The van der Waals surface area contributed by atoms with Gasteiger partial charge in [-0.05, 0) is 19.4 Å². The lowest BCUT2D eigenvalue weighted by molar-refractivity contribution is -0.113. The fraction of sp³-hybridized carbons (Fsp3) is 0.462. The number of nitrogens with zero attached hydrogens (tertiary/aromatic N) is 3. The molecule has 0 aliphatic carbocycles. The van der Waals surface area contributed by atoms with Gasteiger partial charge in [-0.2, -0.15) is 0 Å². The summed E-state index contributed by atoms with van der Waals surface area (Å²) >= 11 is 1.45. The van der Waals surface area contributed by atoms with E-state index >= 15 is 0 Å². The van der Waals surface area contributed by atoms with Gasteiger partial charge in [0.05, 0.1) is 11.7 Å². The summed E-state index contributed by atoms with van der Waals surface area (Å²) in [6.07, 6.45) is 5.85. The molecule has 1 atom stereocenters. The highest BCUT2D eigenvalue weighted by Gasteiger charge is 2.22. The molecule has 1 saturated heterocycles. The van der Waals surface area contributed by atoms with Gasteiger partial charge in [0, 0.05) is 24.2 Å². The molecule has 1 aliphatic rings. The lowest BCUT2D eigenvalue weighted by Crippen LogP contribution is -2.40. The van der Waals surface area contributed by atoms with Crippen molar-refractivity contribution in [3.05, 3.63) is 33.7 Å². The van der Waals surface area contributed by atoms with Gasteiger partial charge in [-0.15, -0.1) is 11.3 Å². The number of likely N-dealkylation sites (tertiary alicyclic amines) is 1. The highest BCUT2D eigenvalue weighted by atomic mass is 32.1. The van der Waals surface area contributed by atoms with Crippen LogP contribution in [0.5, 0.6) is 0 Å². The first kappa shape index (κ1) is 12.5. The summed E-state index contributed by atoms with van der Waals surface area (Å²) in [5.41, 5.74) is 0.696. The van der Waals surface area contributed by atoms with Gasteiger partial charge in [-0.1, -0.05) is 6.42 Å². The van der Waals surface area contributed by atoms with Crippen LogP contribution in [0.4, 0.5) is 0 Å². The Morgan fingerprint density at radius 2 is 2.37 bits per heavy atom. The third-order valence-corrected chi connectivity index (χ3v) is 4.30. The van der Waals surface area contributed by atoms with Gasteiger partial charge < -0.3 is 4.79 Å². The van der Waals surface area contributed by atoms with Gasteiger partial charge in [0.2, 0.25) is 0 Å². The van der Waals surface area contributed by atoms with E-state index in [4.69, 9.17) is 0 Å². The van der Waals surface area contributed by atoms with Crippen molar-refractivity contribution in [2.24, 2.45) is 0 Å². The first-order valence-corrected chi connectivity index (χ1v) is 7.31. The Bertz CT molecular complexity index is 649. The summed E-state index contributed by atoms with van der Waals surface area (Å²) in [7, 11) is 0. The van der Waals surface area contributed by atoms with E-state index < -0.39 is 0 Å². The van der Waals surface area contributed by atoms with E-state index in [9.17, 15) is 9.59 Å². The molecule has 1 aliphatic heterocycles. The van der Waals surface area contributed by atoms with Crippen LogP contribution in [0.25, 0.3) is 4.96 Å². The number of fused-ring (bicyclic) bond motifs is 1. The van der Waals surface area contributed by atoms with Crippen molar-refractivity contribution in [2.45, 2.75) is 31.8 Å². The highest BCUT2D eigenvalue weighted by molar-refractivity contribution is 7.15. The Kier molecular flexibility index (Phi) is 3.44. The fourth-order valence-electron chi connectivity index (χ4n) is 2.54. The van der Waals surface area contributed by atoms with Crippen LogP contribution < -0.4 is 5.56 Å². The zero-order valence-electron chi connectivity index (χ0n) is 10.5. The van der Waals surface area contributed by atoms with Gasteiger partial charge >= 0.3 is 0 Å². The number of thiazole rings is 1. The van der Waals surface area contributed by atoms with Gasteiger partial charge in [-0.3, -0.25) is 14.1 Å². The van der Waals surface area contributed by atoms with Crippen molar-refractivity contribution in [1.82, 2.24) is 14.3 Å². The molecule has 1 fully saturated rings. The third kappa shape index (κ3) is 2.46. The molecule has 100 valence electrons. The Hall–Kier alpha value is -1.53. The van der Waals surface area contributed by atoms with Crippen LogP contribution in [0, 0.1) is 0 Å². The van der Waals surface area contributed by atoms with Crippen LogP contribution in [-0.4, -0.2) is 33.2 Å². The second-order valence-corrected chi connectivity index (χ2v) is 5.68. The molecule has 2 aromatic heterocycles. The topological polar surface area (TPSA) is 54.7 Å². The molecular weight excluding hydrogens is 262 g/mol. The van der Waals surface area contributed by atoms with Crippen LogP contribution in [0.2, 0.25) is 0 Å². The lowest BCUT2D eigenvalue weighted by atomic mass is 10.0. The molecule has 3 rings (SSSR count). The number of hydrogen-bond acceptors (Lipinski definition) is 5. The van der Waals surface area contributed by atoms with E-state index in [2.05, 4.69) is 9.88 Å². The molecule has 3 heterocycles. The molecule has 0 N–H and O–H groups in total. The molecule has 1 unspecified atom stereocenters. The fourth-order valence-corrected chi connectivity index (χ4v) is 3.28. The maximum absolute atomic E-state index is 11.9. The van der Waals surface area contributed by atoms with Crippen LogP contribution in [0.15, 0.2) is 22.4 Å². The molecule has 0 bridgehead atoms. The van der Waals surface area contributed by atoms with Crippen LogP contribution >= 0.6 is 11.3 Å². The lowest BCUT2D eigenvalue weighted by Gasteiger charge is -2.31. The van der Waals surface area contributed by atoms with Crippen LogP contribution in [0.3, 0.4) is 0 Å². The average molecular weight is 277 g/mol. The summed E-state index contributed by atoms with van der Waals surface area (Å²) in [4.78, 5) is 30.3. The second kappa shape index (κ2) is 5.22. The van der Waals surface area contributed by atoms with E-state index in [-0.39, 0.29) is 11.6 Å². The number of rotatable bonds is 3. The summed E-state index contributed by atoms with van der Waals surface area (Å²) in [5.74, 6) is 0. The molecule has 5 nitrogen and oxygen atoms in total. The van der Waals surface area contributed by atoms with Gasteiger partial charge in [0.1, 0.15) is 6.29 Å². The maximum atomic E-state index is 11.9. The minimum atomic E-state index is -0.0547. The van der Waals surface area contributed by atoms with Crippen molar-refractivity contribution in [2.75, 3.05) is 6.54 Å². The van der Waals surface area contributed by atoms with Crippen molar-refractivity contribution in [1.29, 1.82) is 0 Å². The van der Waals surface area contributed by atoms with Crippen molar-refractivity contribution in [3.8, 4) is 0 Å². The van der Waals surface area contributed by atoms with Crippen LogP contribution in [0.1, 0.15) is 25.0 Å². The minimum Gasteiger partial charge on any atom is -0.302 e. The number of piperidine rings is 1. The molecule has 0 radical (unpaired) electrons. The zero-order chi connectivity index (χ0) is 13.2. The monoisotopic (exact) mass is 277 g/mol. The molecular formula is C13H15N3O2S. The number of carbonyl (C=O) groups excluding carboxylic acids is 1. The molecule has 6 heteroatoms. The Morgan fingerprint density at radius 3 is 3.21 bits per heavy atom. The first-order valence-electron chi connectivity index (χ1n) is 6.43. The van der Waals surface area contributed by atoms with E-state index in [0.717, 1.165) is 37.8 Å². The minimum absolute atomic E-state index is 0.0302.